The number of aryl methyl sites for hydroxylation is 1. The Morgan fingerprint density at radius 2 is 2.08 bits per heavy atom. The first-order chi connectivity index (χ1) is 12.1. The molecule has 1 unspecified atom stereocenters. The van der Waals surface area contributed by atoms with Gasteiger partial charge in [0.2, 0.25) is 5.91 Å². The highest BCUT2D eigenvalue weighted by Gasteiger charge is 2.15. The van der Waals surface area contributed by atoms with Gasteiger partial charge in [-0.1, -0.05) is 37.3 Å². The molecule has 1 amide bonds. The Morgan fingerprint density at radius 3 is 2.72 bits per heavy atom. The summed E-state index contributed by atoms with van der Waals surface area (Å²) in [5.74, 6) is -0.699. The van der Waals surface area contributed by atoms with Crippen LogP contribution in [0.2, 0.25) is 0 Å². The fourth-order valence-corrected chi connectivity index (χ4v) is 3.10. The van der Waals surface area contributed by atoms with E-state index in [1.165, 1.54) is 16.9 Å². The Labute approximate surface area is 149 Å². The number of nitrogens with zero attached hydrogens (tertiary/aromatic N) is 2. The lowest BCUT2D eigenvalue weighted by atomic mass is 10.1. The second kappa shape index (κ2) is 7.48. The topological polar surface area (TPSA) is 77.1 Å². The maximum atomic E-state index is 12.2. The molecule has 2 heterocycles. The number of amides is 1. The largest absolute Gasteiger partial charge is 0.437 e. The quantitative estimate of drug-likeness (QED) is 0.736. The van der Waals surface area contributed by atoms with Gasteiger partial charge in [0, 0.05) is 0 Å². The predicted molar refractivity (Wildman–Crippen MR) is 96.5 cm³/mol. The number of thiophene rings is 1. The summed E-state index contributed by atoms with van der Waals surface area (Å²) in [4.78, 5) is 24.8. The molecule has 0 bridgehead atoms. The van der Waals surface area contributed by atoms with Gasteiger partial charge >= 0.3 is 5.76 Å². The standard InChI is InChI=1S/C18H19N3O3S/c1-3-13-6-8-14(9-7-13)12(2)19-16(22)11-21-18(23)24-17(20-21)15-5-4-10-25-15/h4-10,12H,3,11H2,1-2H3,(H,19,22). The molecular formula is C18H19N3O3S. The Hall–Kier alpha value is -2.67. The average molecular weight is 357 g/mol. The van der Waals surface area contributed by atoms with Gasteiger partial charge in [0.25, 0.3) is 5.89 Å². The number of aromatic nitrogens is 2. The smallest absolute Gasteiger partial charge is 0.387 e. The van der Waals surface area contributed by atoms with Gasteiger partial charge in [0.1, 0.15) is 6.54 Å². The minimum Gasteiger partial charge on any atom is -0.387 e. The highest BCUT2D eigenvalue weighted by Crippen LogP contribution is 2.21. The molecule has 6 nitrogen and oxygen atoms in total. The summed E-state index contributed by atoms with van der Waals surface area (Å²) in [6.07, 6.45) is 0.975. The summed E-state index contributed by atoms with van der Waals surface area (Å²) in [5, 5.41) is 8.83. The van der Waals surface area contributed by atoms with Gasteiger partial charge in [-0.3, -0.25) is 4.79 Å². The SMILES string of the molecule is CCc1ccc(C(C)NC(=O)Cn2nc(-c3cccs3)oc2=O)cc1. The number of carbonyl (C=O) groups is 1. The minimum absolute atomic E-state index is 0.155. The molecule has 2 aromatic heterocycles. The van der Waals surface area contributed by atoms with Crippen molar-refractivity contribution in [3.63, 3.8) is 0 Å². The van der Waals surface area contributed by atoms with E-state index in [1.54, 1.807) is 0 Å². The minimum atomic E-state index is -0.640. The zero-order chi connectivity index (χ0) is 17.8. The molecule has 7 heteroatoms. The highest BCUT2D eigenvalue weighted by atomic mass is 32.1. The zero-order valence-electron chi connectivity index (χ0n) is 14.1. The molecule has 0 radical (unpaired) electrons. The Kier molecular flexibility index (Phi) is 5.14. The molecule has 0 saturated carbocycles. The Bertz CT molecular complexity index is 895. The molecule has 0 aliphatic heterocycles. The van der Waals surface area contributed by atoms with E-state index in [-0.39, 0.29) is 24.4 Å². The van der Waals surface area contributed by atoms with E-state index in [9.17, 15) is 9.59 Å². The van der Waals surface area contributed by atoms with Crippen LogP contribution in [0.15, 0.2) is 51.0 Å². The molecule has 1 N–H and O–H groups in total. The Balaban J connectivity index is 1.65. The maximum Gasteiger partial charge on any atom is 0.437 e. The summed E-state index contributed by atoms with van der Waals surface area (Å²) in [5.41, 5.74) is 2.26. The van der Waals surface area contributed by atoms with Crippen LogP contribution in [0.4, 0.5) is 0 Å². The van der Waals surface area contributed by atoms with Crippen molar-refractivity contribution in [3.05, 3.63) is 63.5 Å². The van der Waals surface area contributed by atoms with Crippen LogP contribution in [0.25, 0.3) is 10.8 Å². The maximum absolute atomic E-state index is 12.2. The normalized spacial score (nSPS) is 12.1. The summed E-state index contributed by atoms with van der Waals surface area (Å²) in [7, 11) is 0. The molecule has 130 valence electrons. The average Bonchev–Trinajstić information content (AvgIpc) is 3.25. The van der Waals surface area contributed by atoms with Crippen LogP contribution in [0.5, 0.6) is 0 Å². The third-order valence-electron chi connectivity index (χ3n) is 3.90. The highest BCUT2D eigenvalue weighted by molar-refractivity contribution is 7.13. The summed E-state index contributed by atoms with van der Waals surface area (Å²) in [6, 6.07) is 11.6. The summed E-state index contributed by atoms with van der Waals surface area (Å²) < 4.78 is 6.14. The van der Waals surface area contributed by atoms with Gasteiger partial charge < -0.3 is 9.73 Å². The molecule has 0 aliphatic rings. The number of benzene rings is 1. The molecule has 1 aromatic carbocycles. The third kappa shape index (κ3) is 4.06. The Morgan fingerprint density at radius 1 is 1.32 bits per heavy atom. The molecule has 3 rings (SSSR count). The summed E-state index contributed by atoms with van der Waals surface area (Å²) >= 11 is 1.42. The van der Waals surface area contributed by atoms with Crippen LogP contribution >= 0.6 is 11.3 Å². The fourth-order valence-electron chi connectivity index (χ4n) is 2.45. The lowest BCUT2D eigenvalue weighted by molar-refractivity contribution is -0.122. The number of hydrogen-bond donors (Lipinski definition) is 1. The molecule has 25 heavy (non-hydrogen) atoms. The summed E-state index contributed by atoms with van der Waals surface area (Å²) in [6.45, 7) is 3.83. The van der Waals surface area contributed by atoms with Crippen molar-refractivity contribution in [1.29, 1.82) is 0 Å². The zero-order valence-corrected chi connectivity index (χ0v) is 14.9. The first kappa shape index (κ1) is 17.2. The molecule has 0 saturated heterocycles. The fraction of sp³-hybridized carbons (Fsp3) is 0.278. The van der Waals surface area contributed by atoms with Crippen LogP contribution in [-0.4, -0.2) is 15.7 Å². The first-order valence-electron chi connectivity index (χ1n) is 8.07. The second-order valence-electron chi connectivity index (χ2n) is 5.69. The van der Waals surface area contributed by atoms with E-state index in [2.05, 4.69) is 17.3 Å². The van der Waals surface area contributed by atoms with Crippen molar-refractivity contribution in [3.8, 4) is 10.8 Å². The van der Waals surface area contributed by atoms with E-state index in [0.717, 1.165) is 21.5 Å². The van der Waals surface area contributed by atoms with E-state index in [0.29, 0.717) is 0 Å². The lowest BCUT2D eigenvalue weighted by Crippen LogP contribution is -2.33. The number of hydrogen-bond acceptors (Lipinski definition) is 5. The van der Waals surface area contributed by atoms with Crippen molar-refractivity contribution >= 4 is 17.2 Å². The van der Waals surface area contributed by atoms with Crippen LogP contribution in [-0.2, 0) is 17.8 Å². The number of carbonyl (C=O) groups excluding carboxylic acids is 1. The van der Waals surface area contributed by atoms with Crippen molar-refractivity contribution in [2.75, 3.05) is 0 Å². The van der Waals surface area contributed by atoms with Crippen molar-refractivity contribution in [2.24, 2.45) is 0 Å². The first-order valence-corrected chi connectivity index (χ1v) is 8.95. The van der Waals surface area contributed by atoms with E-state index in [1.807, 2.05) is 48.7 Å². The lowest BCUT2D eigenvalue weighted by Gasteiger charge is -2.14. The van der Waals surface area contributed by atoms with Crippen molar-refractivity contribution < 1.29 is 9.21 Å². The molecule has 0 aliphatic carbocycles. The number of nitrogens with one attached hydrogen (secondary N) is 1. The molecule has 3 aromatic rings. The van der Waals surface area contributed by atoms with Gasteiger partial charge in [-0.25, -0.2) is 4.79 Å². The van der Waals surface area contributed by atoms with Gasteiger partial charge in [0.05, 0.1) is 10.9 Å². The van der Waals surface area contributed by atoms with Gasteiger partial charge in [0.15, 0.2) is 0 Å². The van der Waals surface area contributed by atoms with Crippen molar-refractivity contribution in [2.45, 2.75) is 32.9 Å². The van der Waals surface area contributed by atoms with E-state index < -0.39 is 5.76 Å². The van der Waals surface area contributed by atoms with Gasteiger partial charge in [-0.2, -0.15) is 4.68 Å². The van der Waals surface area contributed by atoms with Crippen LogP contribution < -0.4 is 11.1 Å². The molecule has 0 spiro atoms. The second-order valence-corrected chi connectivity index (χ2v) is 6.64. The van der Waals surface area contributed by atoms with Crippen molar-refractivity contribution in [1.82, 2.24) is 15.1 Å². The van der Waals surface area contributed by atoms with E-state index >= 15 is 0 Å². The molecule has 0 fully saturated rings. The van der Waals surface area contributed by atoms with Gasteiger partial charge in [-0.05, 0) is 35.9 Å². The molecular weight excluding hydrogens is 338 g/mol. The van der Waals surface area contributed by atoms with Crippen LogP contribution in [0, 0.1) is 0 Å². The monoisotopic (exact) mass is 357 g/mol. The van der Waals surface area contributed by atoms with Crippen LogP contribution in [0.1, 0.15) is 31.0 Å². The third-order valence-corrected chi connectivity index (χ3v) is 4.75. The van der Waals surface area contributed by atoms with Gasteiger partial charge in [-0.15, -0.1) is 16.4 Å². The predicted octanol–water partition coefficient (Wildman–Crippen LogP) is 3.00. The number of rotatable bonds is 6. The molecule has 1 atom stereocenters. The van der Waals surface area contributed by atoms with E-state index in [4.69, 9.17) is 4.42 Å². The van der Waals surface area contributed by atoms with Crippen LogP contribution in [0.3, 0.4) is 0 Å².